The van der Waals surface area contributed by atoms with E-state index in [0.717, 1.165) is 11.3 Å². The lowest BCUT2D eigenvalue weighted by atomic mass is 10.1. The van der Waals surface area contributed by atoms with Crippen LogP contribution >= 0.6 is 22.9 Å². The number of rotatable bonds is 2. The second-order valence-electron chi connectivity index (χ2n) is 5.43. The van der Waals surface area contributed by atoms with Gasteiger partial charge in [0, 0.05) is 11.6 Å². The normalized spacial score (nSPS) is 11.5. The predicted octanol–water partition coefficient (Wildman–Crippen LogP) is 3.60. The number of benzene rings is 1. The summed E-state index contributed by atoms with van der Waals surface area (Å²) in [6, 6.07) is 5.35. The average Bonchev–Trinajstić information content (AvgIpc) is 2.93. The lowest BCUT2D eigenvalue weighted by molar-refractivity contribution is 0.0531. The monoisotopic (exact) mass is 373 g/mol. The molecule has 0 saturated carbocycles. The molecule has 3 heterocycles. The van der Waals surface area contributed by atoms with Crippen LogP contribution in [0, 0.1) is 6.92 Å². The number of esters is 1. The molecular weight excluding hydrogens is 362 g/mol. The van der Waals surface area contributed by atoms with Gasteiger partial charge in [-0.15, -0.1) is 0 Å². The molecule has 1 aromatic carbocycles. The van der Waals surface area contributed by atoms with Gasteiger partial charge in [0.2, 0.25) is 0 Å². The number of ether oxygens (including phenoxy) is 1. The third-order valence-corrected chi connectivity index (χ3v) is 5.40. The molecule has 0 aliphatic rings. The topological polar surface area (TPSA) is 73.6 Å². The van der Waals surface area contributed by atoms with Gasteiger partial charge in [-0.25, -0.2) is 9.78 Å². The first-order chi connectivity index (χ1) is 12.0. The summed E-state index contributed by atoms with van der Waals surface area (Å²) in [5.41, 5.74) is 1.36. The summed E-state index contributed by atoms with van der Waals surface area (Å²) in [7, 11) is 0. The highest BCUT2D eigenvalue weighted by atomic mass is 35.5. The third-order valence-electron chi connectivity index (χ3n) is 3.97. The van der Waals surface area contributed by atoms with Crippen LogP contribution in [0.1, 0.15) is 22.3 Å². The molecule has 0 radical (unpaired) electrons. The zero-order valence-corrected chi connectivity index (χ0v) is 14.9. The Bertz CT molecular complexity index is 1230. The van der Waals surface area contributed by atoms with Gasteiger partial charge in [-0.3, -0.25) is 14.2 Å². The molecule has 8 heteroatoms. The molecule has 0 unspecified atom stereocenters. The van der Waals surface area contributed by atoms with Crippen molar-refractivity contribution in [3.05, 3.63) is 50.3 Å². The number of pyridine rings is 1. The molecule has 3 aromatic heterocycles. The summed E-state index contributed by atoms with van der Waals surface area (Å²) in [5, 5.41) is 1.58. The summed E-state index contributed by atoms with van der Waals surface area (Å²) in [4.78, 5) is 34.8. The lowest BCUT2D eigenvalue weighted by Gasteiger charge is -2.04. The zero-order valence-electron chi connectivity index (χ0n) is 13.4. The van der Waals surface area contributed by atoms with Gasteiger partial charge in [-0.05, 0) is 19.9 Å². The minimum Gasteiger partial charge on any atom is -0.462 e. The fourth-order valence-electron chi connectivity index (χ4n) is 2.82. The Morgan fingerprint density at radius 1 is 1.32 bits per heavy atom. The third kappa shape index (κ3) is 2.31. The summed E-state index contributed by atoms with van der Waals surface area (Å²) in [5.74, 6) is -0.454. The van der Waals surface area contributed by atoms with E-state index in [4.69, 9.17) is 16.3 Å². The van der Waals surface area contributed by atoms with Crippen LogP contribution in [0.4, 0.5) is 0 Å². The van der Waals surface area contributed by atoms with Crippen molar-refractivity contribution in [2.45, 2.75) is 13.8 Å². The molecule has 6 nitrogen and oxygen atoms in total. The van der Waals surface area contributed by atoms with E-state index in [9.17, 15) is 9.59 Å². The van der Waals surface area contributed by atoms with E-state index in [1.165, 1.54) is 10.6 Å². The van der Waals surface area contributed by atoms with Gasteiger partial charge in [0.15, 0.2) is 4.96 Å². The number of thiazole rings is 1. The van der Waals surface area contributed by atoms with Crippen molar-refractivity contribution in [1.82, 2.24) is 14.4 Å². The smallest absolute Gasteiger partial charge is 0.350 e. The van der Waals surface area contributed by atoms with Crippen LogP contribution in [0.3, 0.4) is 0 Å². The van der Waals surface area contributed by atoms with Crippen LogP contribution in [0.2, 0.25) is 5.02 Å². The van der Waals surface area contributed by atoms with Gasteiger partial charge >= 0.3 is 5.97 Å². The van der Waals surface area contributed by atoms with Crippen molar-refractivity contribution in [2.75, 3.05) is 6.61 Å². The molecule has 4 aromatic rings. The number of nitrogens with zero attached hydrogens (tertiary/aromatic N) is 3. The first kappa shape index (κ1) is 16.0. The van der Waals surface area contributed by atoms with Crippen molar-refractivity contribution in [3.8, 4) is 0 Å². The molecule has 0 aliphatic heterocycles. The maximum atomic E-state index is 12.9. The Kier molecular flexibility index (Phi) is 3.70. The summed E-state index contributed by atoms with van der Waals surface area (Å²) >= 11 is 7.33. The van der Waals surface area contributed by atoms with E-state index in [-0.39, 0.29) is 12.2 Å². The Morgan fingerprint density at radius 2 is 2.12 bits per heavy atom. The van der Waals surface area contributed by atoms with E-state index in [1.54, 1.807) is 26.0 Å². The number of carbonyl (C=O) groups is 1. The standard InChI is InChI=1S/C17H12ClN3O3S/c1-3-24-16(23)14-8(2)21-15(22)10-7-19-13-9(5-4-6-11(13)18)12(10)20-17(21)25-14/h4-7H,3H2,1-2H3. The average molecular weight is 374 g/mol. The van der Waals surface area contributed by atoms with E-state index in [0.29, 0.717) is 42.4 Å². The fourth-order valence-corrected chi connectivity index (χ4v) is 4.06. The van der Waals surface area contributed by atoms with Crippen LogP contribution in [0.5, 0.6) is 0 Å². The molecule has 0 aliphatic carbocycles. The minimum absolute atomic E-state index is 0.265. The Morgan fingerprint density at radius 3 is 2.88 bits per heavy atom. The number of fused-ring (bicyclic) bond motifs is 4. The second kappa shape index (κ2) is 5.79. The molecule has 0 N–H and O–H groups in total. The number of hydrogen-bond donors (Lipinski definition) is 0. The van der Waals surface area contributed by atoms with E-state index >= 15 is 0 Å². The first-order valence-electron chi connectivity index (χ1n) is 7.59. The van der Waals surface area contributed by atoms with Crippen molar-refractivity contribution in [3.63, 3.8) is 0 Å². The number of hydrogen-bond acceptors (Lipinski definition) is 6. The molecule has 126 valence electrons. The highest BCUT2D eigenvalue weighted by molar-refractivity contribution is 7.19. The largest absolute Gasteiger partial charge is 0.462 e. The van der Waals surface area contributed by atoms with Crippen molar-refractivity contribution in [2.24, 2.45) is 0 Å². The molecular formula is C17H12ClN3O3S. The zero-order chi connectivity index (χ0) is 17.7. The predicted molar refractivity (Wildman–Crippen MR) is 97.8 cm³/mol. The van der Waals surface area contributed by atoms with E-state index < -0.39 is 5.97 Å². The van der Waals surface area contributed by atoms with Crippen LogP contribution in [-0.4, -0.2) is 26.9 Å². The van der Waals surface area contributed by atoms with Crippen molar-refractivity contribution >= 4 is 55.7 Å². The van der Waals surface area contributed by atoms with E-state index in [1.807, 2.05) is 6.07 Å². The Hall–Kier alpha value is -2.51. The molecule has 0 fully saturated rings. The Balaban J connectivity index is 2.13. The molecule has 0 atom stereocenters. The second-order valence-corrected chi connectivity index (χ2v) is 6.81. The quantitative estimate of drug-likeness (QED) is 0.396. The highest BCUT2D eigenvalue weighted by Gasteiger charge is 2.20. The molecule has 4 rings (SSSR count). The lowest BCUT2D eigenvalue weighted by Crippen LogP contribution is -2.16. The van der Waals surface area contributed by atoms with Gasteiger partial charge < -0.3 is 4.74 Å². The molecule has 25 heavy (non-hydrogen) atoms. The molecule has 0 spiro atoms. The number of para-hydroxylation sites is 1. The van der Waals surface area contributed by atoms with Crippen LogP contribution in [-0.2, 0) is 4.74 Å². The highest BCUT2D eigenvalue weighted by Crippen LogP contribution is 2.28. The molecule has 0 saturated heterocycles. The van der Waals surface area contributed by atoms with E-state index in [2.05, 4.69) is 9.97 Å². The summed E-state index contributed by atoms with van der Waals surface area (Å²) in [6.45, 7) is 3.71. The van der Waals surface area contributed by atoms with Gasteiger partial charge in [0.05, 0.1) is 33.7 Å². The number of aromatic nitrogens is 3. The van der Waals surface area contributed by atoms with Crippen molar-refractivity contribution < 1.29 is 9.53 Å². The van der Waals surface area contributed by atoms with Crippen molar-refractivity contribution in [1.29, 1.82) is 0 Å². The first-order valence-corrected chi connectivity index (χ1v) is 8.78. The minimum atomic E-state index is -0.454. The SMILES string of the molecule is CCOC(=O)c1sc2nc3c(cnc4c(Cl)cccc43)c(=O)n2c1C. The molecule has 0 amide bonds. The fraction of sp³-hybridized carbons (Fsp3) is 0.176. The van der Waals surface area contributed by atoms with Gasteiger partial charge in [-0.1, -0.05) is 35.1 Å². The maximum absolute atomic E-state index is 12.9. The van der Waals surface area contributed by atoms with Gasteiger partial charge in [0.1, 0.15) is 4.88 Å². The number of halogens is 1. The number of carbonyl (C=O) groups excluding carboxylic acids is 1. The van der Waals surface area contributed by atoms with Gasteiger partial charge in [0.25, 0.3) is 5.56 Å². The number of aryl methyl sites for hydroxylation is 1. The summed E-state index contributed by atoms with van der Waals surface area (Å²) in [6.07, 6.45) is 1.48. The van der Waals surface area contributed by atoms with Gasteiger partial charge in [-0.2, -0.15) is 0 Å². The Labute approximate surface area is 150 Å². The van der Waals surface area contributed by atoms with Crippen LogP contribution in [0.25, 0.3) is 26.8 Å². The maximum Gasteiger partial charge on any atom is 0.350 e. The van der Waals surface area contributed by atoms with Crippen LogP contribution in [0.15, 0.2) is 29.2 Å². The summed E-state index contributed by atoms with van der Waals surface area (Å²) < 4.78 is 6.49. The molecule has 0 bridgehead atoms. The van der Waals surface area contributed by atoms with Crippen LogP contribution < -0.4 is 5.56 Å².